The van der Waals surface area contributed by atoms with Crippen LogP contribution in [0.15, 0.2) is 23.1 Å². The molecule has 0 fully saturated rings. The van der Waals surface area contributed by atoms with E-state index >= 15 is 0 Å². The Kier molecular flexibility index (Phi) is 6.20. The summed E-state index contributed by atoms with van der Waals surface area (Å²) >= 11 is 9.53. The predicted molar refractivity (Wildman–Crippen MR) is 62.3 cm³/mol. The molecule has 0 heterocycles. The Hall–Kier alpha value is -0.290. The van der Waals surface area contributed by atoms with Crippen LogP contribution in [0.4, 0.5) is 0 Å². The fourth-order valence-corrected chi connectivity index (χ4v) is 1.80. The molecule has 0 amide bonds. The second-order valence-electron chi connectivity index (χ2n) is 2.77. The van der Waals surface area contributed by atoms with Crippen LogP contribution in [0, 0.1) is 13.8 Å². The van der Waals surface area contributed by atoms with Gasteiger partial charge in [-0.15, -0.1) is 23.2 Å². The number of rotatable bonds is 1. The molecular weight excluding hydrogens is 259 g/mol. The van der Waals surface area contributed by atoms with Crippen LogP contribution in [0.2, 0.25) is 0 Å². The summed E-state index contributed by atoms with van der Waals surface area (Å²) < 4.78 is 30.3. The molecule has 0 aliphatic rings. The van der Waals surface area contributed by atoms with Crippen molar-refractivity contribution in [2.45, 2.75) is 18.7 Å². The zero-order valence-corrected chi connectivity index (χ0v) is 10.7. The molecule has 1 aromatic rings. The lowest BCUT2D eigenvalue weighted by atomic mass is 10.1. The van der Waals surface area contributed by atoms with Gasteiger partial charge in [0, 0.05) is 0 Å². The van der Waals surface area contributed by atoms with E-state index < -0.39 is 10.1 Å². The molecule has 1 rings (SSSR count). The highest BCUT2D eigenvalue weighted by Crippen LogP contribution is 2.17. The molecule has 0 unspecified atom stereocenters. The smallest absolute Gasteiger partial charge is 0.282 e. The molecule has 86 valence electrons. The molecule has 0 radical (unpaired) electrons. The summed E-state index contributed by atoms with van der Waals surface area (Å²) in [4.78, 5) is -0.0116. The van der Waals surface area contributed by atoms with Crippen LogP contribution in [-0.2, 0) is 10.1 Å². The average Bonchev–Trinajstić information content (AvgIpc) is 2.09. The van der Waals surface area contributed by atoms with Crippen molar-refractivity contribution in [3.05, 3.63) is 29.3 Å². The van der Waals surface area contributed by atoms with Crippen LogP contribution >= 0.6 is 23.2 Å². The van der Waals surface area contributed by atoms with Crippen molar-refractivity contribution in [1.82, 2.24) is 0 Å². The van der Waals surface area contributed by atoms with Crippen LogP contribution in [0.3, 0.4) is 0 Å². The minimum Gasteiger partial charge on any atom is -0.282 e. The highest BCUT2D eigenvalue weighted by atomic mass is 35.5. The fourth-order valence-electron chi connectivity index (χ4n) is 1.00. The first kappa shape index (κ1) is 14.7. The summed E-state index contributed by atoms with van der Waals surface area (Å²) in [7, 11) is -4.06. The first-order chi connectivity index (χ1) is 6.84. The normalized spacial score (nSPS) is 10.5. The molecule has 3 nitrogen and oxygen atoms in total. The van der Waals surface area contributed by atoms with Crippen LogP contribution in [0.25, 0.3) is 0 Å². The van der Waals surface area contributed by atoms with E-state index in [9.17, 15) is 8.42 Å². The molecule has 6 heteroatoms. The summed E-state index contributed by atoms with van der Waals surface area (Å²) in [6.07, 6.45) is 0. The number of hydrogen-bond acceptors (Lipinski definition) is 2. The molecule has 15 heavy (non-hydrogen) atoms. The van der Waals surface area contributed by atoms with E-state index in [1.54, 1.807) is 26.0 Å². The minimum absolute atomic E-state index is 0.0116. The SMILES string of the molecule is Cc1cccc(S(=O)(=O)O)c1C.ClCCl. The number of hydrogen-bond donors (Lipinski definition) is 1. The molecule has 0 saturated heterocycles. The largest absolute Gasteiger partial charge is 0.294 e. The monoisotopic (exact) mass is 270 g/mol. The maximum Gasteiger partial charge on any atom is 0.294 e. The minimum atomic E-state index is -4.06. The number of aryl methyl sites for hydroxylation is 1. The van der Waals surface area contributed by atoms with Gasteiger partial charge in [0.05, 0.1) is 10.2 Å². The Morgan fingerprint density at radius 2 is 1.73 bits per heavy atom. The Morgan fingerprint density at radius 1 is 1.27 bits per heavy atom. The standard InChI is InChI=1S/C8H10O3S.CH2Cl2/c1-6-4-3-5-8(7(6)2)12(9,10)11;2-1-3/h3-5H,1-2H3,(H,9,10,11);1H2. The van der Waals surface area contributed by atoms with Crippen LogP contribution in [-0.4, -0.2) is 18.3 Å². The molecule has 0 saturated carbocycles. The second kappa shape index (κ2) is 6.33. The van der Waals surface area contributed by atoms with Crippen molar-refractivity contribution >= 4 is 33.3 Å². The molecule has 1 N–H and O–H groups in total. The van der Waals surface area contributed by atoms with Crippen molar-refractivity contribution in [1.29, 1.82) is 0 Å². The van der Waals surface area contributed by atoms with Gasteiger partial charge in [0.2, 0.25) is 0 Å². The Bertz CT molecular complexity index is 415. The van der Waals surface area contributed by atoms with Crippen LogP contribution < -0.4 is 0 Å². The maximum atomic E-state index is 10.8. The lowest BCUT2D eigenvalue weighted by molar-refractivity contribution is 0.482. The van der Waals surface area contributed by atoms with E-state index in [1.165, 1.54) is 6.07 Å². The van der Waals surface area contributed by atoms with Gasteiger partial charge in [0.15, 0.2) is 0 Å². The fraction of sp³-hybridized carbons (Fsp3) is 0.333. The van der Waals surface area contributed by atoms with Crippen molar-refractivity contribution in [3.63, 3.8) is 0 Å². The molecule has 0 spiro atoms. The highest BCUT2D eigenvalue weighted by Gasteiger charge is 2.12. The third-order valence-corrected chi connectivity index (χ3v) is 2.83. The summed E-state index contributed by atoms with van der Waals surface area (Å²) in [5, 5.41) is 0.194. The zero-order chi connectivity index (χ0) is 12.1. The van der Waals surface area contributed by atoms with Gasteiger partial charge in [-0.2, -0.15) is 8.42 Å². The molecule has 0 bridgehead atoms. The molecule has 0 aliphatic carbocycles. The van der Waals surface area contributed by atoms with E-state index in [2.05, 4.69) is 0 Å². The lowest BCUT2D eigenvalue weighted by Gasteiger charge is -2.03. The van der Waals surface area contributed by atoms with E-state index in [-0.39, 0.29) is 10.2 Å². The van der Waals surface area contributed by atoms with Gasteiger partial charge in [-0.05, 0) is 31.0 Å². The van der Waals surface area contributed by atoms with Gasteiger partial charge < -0.3 is 0 Å². The third kappa shape index (κ3) is 4.84. The van der Waals surface area contributed by atoms with E-state index in [0.717, 1.165) is 5.56 Å². The summed E-state index contributed by atoms with van der Waals surface area (Å²) in [6, 6.07) is 4.78. The Balaban J connectivity index is 0.000000583. The van der Waals surface area contributed by atoms with Crippen LogP contribution in [0.5, 0.6) is 0 Å². The van der Waals surface area contributed by atoms with Gasteiger partial charge in [-0.25, -0.2) is 0 Å². The van der Waals surface area contributed by atoms with E-state index in [1.807, 2.05) is 0 Å². The average molecular weight is 271 g/mol. The molecule has 1 aromatic carbocycles. The number of alkyl halides is 2. The van der Waals surface area contributed by atoms with Crippen LogP contribution in [0.1, 0.15) is 11.1 Å². The summed E-state index contributed by atoms with van der Waals surface area (Å²) in [6.45, 7) is 3.46. The Labute approximate surface area is 99.8 Å². The first-order valence-electron chi connectivity index (χ1n) is 4.00. The Morgan fingerprint density at radius 3 is 2.07 bits per heavy atom. The van der Waals surface area contributed by atoms with Gasteiger partial charge in [-0.1, -0.05) is 12.1 Å². The molecule has 0 aliphatic heterocycles. The van der Waals surface area contributed by atoms with Crippen molar-refractivity contribution in [2.75, 3.05) is 5.34 Å². The van der Waals surface area contributed by atoms with Gasteiger partial charge >= 0.3 is 0 Å². The zero-order valence-electron chi connectivity index (χ0n) is 8.37. The first-order valence-corrected chi connectivity index (χ1v) is 6.51. The molecule has 0 atom stereocenters. The molecular formula is C9H12Cl2O3S. The summed E-state index contributed by atoms with van der Waals surface area (Å²) in [5.41, 5.74) is 1.45. The van der Waals surface area contributed by atoms with Crippen molar-refractivity contribution in [3.8, 4) is 0 Å². The quantitative estimate of drug-likeness (QED) is 0.631. The number of halogens is 2. The number of benzene rings is 1. The third-order valence-electron chi connectivity index (χ3n) is 1.83. The summed E-state index contributed by atoms with van der Waals surface area (Å²) in [5.74, 6) is 0. The van der Waals surface area contributed by atoms with Gasteiger partial charge in [0.25, 0.3) is 10.1 Å². The second-order valence-corrected chi connectivity index (χ2v) is 4.97. The van der Waals surface area contributed by atoms with E-state index in [4.69, 9.17) is 27.8 Å². The van der Waals surface area contributed by atoms with E-state index in [0.29, 0.717) is 5.56 Å². The topological polar surface area (TPSA) is 54.4 Å². The van der Waals surface area contributed by atoms with Gasteiger partial charge in [0.1, 0.15) is 0 Å². The van der Waals surface area contributed by atoms with Crippen molar-refractivity contribution < 1.29 is 13.0 Å². The predicted octanol–water partition coefficient (Wildman–Crippen LogP) is 2.97. The maximum absolute atomic E-state index is 10.8. The lowest BCUT2D eigenvalue weighted by Crippen LogP contribution is -2.01. The highest BCUT2D eigenvalue weighted by molar-refractivity contribution is 7.85. The van der Waals surface area contributed by atoms with Crippen molar-refractivity contribution in [2.24, 2.45) is 0 Å². The molecule has 0 aromatic heterocycles. The van der Waals surface area contributed by atoms with Gasteiger partial charge in [-0.3, -0.25) is 4.55 Å².